The van der Waals surface area contributed by atoms with Crippen LogP contribution in [0.3, 0.4) is 0 Å². The molecule has 3 aromatic rings. The van der Waals surface area contributed by atoms with Crippen LogP contribution in [0.5, 0.6) is 5.75 Å². The molecule has 0 saturated carbocycles. The summed E-state index contributed by atoms with van der Waals surface area (Å²) < 4.78 is 7.96. The smallest absolute Gasteiger partial charge is 0.255 e. The van der Waals surface area contributed by atoms with Crippen LogP contribution in [0.15, 0.2) is 65.0 Å². The van der Waals surface area contributed by atoms with Gasteiger partial charge in [0.15, 0.2) is 0 Å². The molecule has 0 spiro atoms. The first kappa shape index (κ1) is 23.9. The number of aryl methyl sites for hydroxylation is 1. The highest BCUT2D eigenvalue weighted by Gasteiger charge is 2.36. The number of carbonyl (C=O) groups is 1. The third-order valence-electron chi connectivity index (χ3n) is 5.60. The second-order valence-electron chi connectivity index (χ2n) is 8.23. The second-order valence-corrected chi connectivity index (χ2v) is 9.46. The van der Waals surface area contributed by atoms with E-state index in [1.165, 1.54) is 0 Å². The van der Waals surface area contributed by atoms with Gasteiger partial charge in [-0.05, 0) is 49.8 Å². The number of fused-ring (bicyclic) bond motifs is 1. The van der Waals surface area contributed by atoms with Gasteiger partial charge in [0.25, 0.3) is 5.91 Å². The fraction of sp³-hybridized carbons (Fsp3) is 0.346. The summed E-state index contributed by atoms with van der Waals surface area (Å²) in [5.41, 5.74) is 4.04. The van der Waals surface area contributed by atoms with Crippen LogP contribution in [0.4, 0.5) is 11.6 Å². The van der Waals surface area contributed by atoms with Crippen LogP contribution in [0, 0.1) is 6.92 Å². The number of para-hydroxylation sites is 1. The SMILES string of the molecule is CCCCOc1ccccc1C1C(C(=O)Nc2cccc(C)c2)=C(C)Nc2nc(SCC)nn21. The van der Waals surface area contributed by atoms with Crippen molar-refractivity contribution in [3.63, 3.8) is 0 Å². The van der Waals surface area contributed by atoms with Gasteiger partial charge in [-0.15, -0.1) is 5.10 Å². The van der Waals surface area contributed by atoms with Crippen LogP contribution in [0.1, 0.15) is 50.8 Å². The molecule has 0 radical (unpaired) electrons. The molecule has 1 unspecified atom stereocenters. The second kappa shape index (κ2) is 10.8. The van der Waals surface area contributed by atoms with Gasteiger partial charge in [0.1, 0.15) is 11.8 Å². The molecule has 7 nitrogen and oxygen atoms in total. The Morgan fingerprint density at radius 3 is 2.76 bits per heavy atom. The highest BCUT2D eigenvalue weighted by Crippen LogP contribution is 2.40. The van der Waals surface area contributed by atoms with Gasteiger partial charge in [0.2, 0.25) is 11.1 Å². The zero-order chi connectivity index (χ0) is 24.1. The van der Waals surface area contributed by atoms with Crippen LogP contribution in [-0.4, -0.2) is 33.0 Å². The standard InChI is InChI=1S/C26H31N5O2S/c1-5-7-15-33-21-14-9-8-13-20(21)23-22(24(32)28-19-12-10-11-17(3)16-19)18(4)27-25-29-26(34-6-2)30-31(23)25/h8-14,16,23H,5-7,15H2,1-4H3,(H,28,32)(H,27,29,30). The lowest BCUT2D eigenvalue weighted by molar-refractivity contribution is -0.113. The van der Waals surface area contributed by atoms with E-state index in [-0.39, 0.29) is 5.91 Å². The van der Waals surface area contributed by atoms with E-state index in [1.54, 1.807) is 16.4 Å². The van der Waals surface area contributed by atoms with E-state index in [4.69, 9.17) is 9.84 Å². The van der Waals surface area contributed by atoms with Crippen molar-refractivity contribution in [1.29, 1.82) is 0 Å². The van der Waals surface area contributed by atoms with E-state index >= 15 is 0 Å². The van der Waals surface area contributed by atoms with Gasteiger partial charge >= 0.3 is 0 Å². The van der Waals surface area contributed by atoms with E-state index in [1.807, 2.05) is 62.4 Å². The monoisotopic (exact) mass is 477 g/mol. The van der Waals surface area contributed by atoms with Crippen LogP contribution < -0.4 is 15.4 Å². The van der Waals surface area contributed by atoms with Gasteiger partial charge in [-0.3, -0.25) is 4.79 Å². The number of nitrogens with zero attached hydrogens (tertiary/aromatic N) is 3. The summed E-state index contributed by atoms with van der Waals surface area (Å²) in [6.07, 6.45) is 2.01. The van der Waals surface area contributed by atoms with Crippen molar-refractivity contribution in [1.82, 2.24) is 14.8 Å². The van der Waals surface area contributed by atoms with Crippen LogP contribution in [-0.2, 0) is 4.79 Å². The molecule has 0 aliphatic carbocycles. The molecule has 8 heteroatoms. The molecule has 2 N–H and O–H groups in total. The minimum atomic E-state index is -0.474. The number of carbonyl (C=O) groups excluding carboxylic acids is 1. The van der Waals surface area contributed by atoms with Crippen molar-refractivity contribution in [2.75, 3.05) is 23.0 Å². The molecular formula is C26H31N5O2S. The number of benzene rings is 2. The van der Waals surface area contributed by atoms with E-state index < -0.39 is 6.04 Å². The summed E-state index contributed by atoms with van der Waals surface area (Å²) in [6.45, 7) is 8.73. The Balaban J connectivity index is 1.78. The lowest BCUT2D eigenvalue weighted by Crippen LogP contribution is -2.31. The largest absolute Gasteiger partial charge is 0.493 e. The molecule has 1 amide bonds. The Morgan fingerprint density at radius 2 is 2.00 bits per heavy atom. The highest BCUT2D eigenvalue weighted by atomic mass is 32.2. The predicted molar refractivity (Wildman–Crippen MR) is 138 cm³/mol. The van der Waals surface area contributed by atoms with Crippen molar-refractivity contribution in [2.45, 2.75) is 51.7 Å². The maximum atomic E-state index is 13.7. The molecule has 1 aliphatic heterocycles. The topological polar surface area (TPSA) is 81.1 Å². The molecule has 0 fully saturated rings. The van der Waals surface area contributed by atoms with Crippen molar-refractivity contribution in [3.05, 3.63) is 70.9 Å². The summed E-state index contributed by atoms with van der Waals surface area (Å²) in [6, 6.07) is 15.2. The van der Waals surface area contributed by atoms with E-state index in [2.05, 4.69) is 29.5 Å². The first-order valence-electron chi connectivity index (χ1n) is 11.7. The molecular weight excluding hydrogens is 446 g/mol. The van der Waals surface area contributed by atoms with Gasteiger partial charge < -0.3 is 15.4 Å². The van der Waals surface area contributed by atoms with Gasteiger partial charge in [-0.25, -0.2) is 4.68 Å². The van der Waals surface area contributed by atoms with E-state index in [9.17, 15) is 4.79 Å². The minimum Gasteiger partial charge on any atom is -0.493 e. The number of allylic oxidation sites excluding steroid dienone is 1. The molecule has 1 aromatic heterocycles. The fourth-order valence-corrected chi connectivity index (χ4v) is 4.54. The number of hydrogen-bond acceptors (Lipinski definition) is 6. The summed E-state index contributed by atoms with van der Waals surface area (Å²) in [4.78, 5) is 18.3. The maximum Gasteiger partial charge on any atom is 0.255 e. The molecule has 1 aliphatic rings. The number of nitrogens with one attached hydrogen (secondary N) is 2. The van der Waals surface area contributed by atoms with Gasteiger partial charge in [0, 0.05) is 16.9 Å². The van der Waals surface area contributed by atoms with Gasteiger partial charge in [-0.2, -0.15) is 4.98 Å². The Hall–Kier alpha value is -3.26. The summed E-state index contributed by atoms with van der Waals surface area (Å²) in [5.74, 6) is 2.05. The Labute approximate surface area is 205 Å². The molecule has 0 saturated heterocycles. The number of aromatic nitrogens is 3. The number of thioether (sulfide) groups is 1. The number of anilines is 2. The molecule has 34 heavy (non-hydrogen) atoms. The summed E-state index contributed by atoms with van der Waals surface area (Å²) in [5, 5.41) is 11.8. The van der Waals surface area contributed by atoms with Crippen LogP contribution in [0.25, 0.3) is 0 Å². The number of rotatable bonds is 9. The number of unbranched alkanes of at least 4 members (excludes halogenated alkanes) is 1. The predicted octanol–water partition coefficient (Wildman–Crippen LogP) is 5.81. The molecule has 1 atom stereocenters. The van der Waals surface area contributed by atoms with E-state index in [0.717, 1.165) is 46.9 Å². The number of ether oxygens (including phenoxy) is 1. The first-order valence-corrected chi connectivity index (χ1v) is 12.7. The third kappa shape index (κ3) is 5.12. The van der Waals surface area contributed by atoms with Crippen molar-refractivity contribution >= 4 is 29.3 Å². The quantitative estimate of drug-likeness (QED) is 0.299. The first-order chi connectivity index (χ1) is 16.5. The molecule has 4 rings (SSSR count). The maximum absolute atomic E-state index is 13.7. The zero-order valence-corrected chi connectivity index (χ0v) is 20.9. The van der Waals surface area contributed by atoms with Crippen molar-refractivity contribution in [2.24, 2.45) is 0 Å². The molecule has 0 bridgehead atoms. The van der Waals surface area contributed by atoms with Crippen LogP contribution >= 0.6 is 11.8 Å². The Bertz CT molecular complexity index is 1200. The average Bonchev–Trinajstić information content (AvgIpc) is 3.21. The summed E-state index contributed by atoms with van der Waals surface area (Å²) >= 11 is 1.57. The third-order valence-corrected chi connectivity index (χ3v) is 6.32. The van der Waals surface area contributed by atoms with Crippen molar-refractivity contribution in [3.8, 4) is 5.75 Å². The van der Waals surface area contributed by atoms with Gasteiger partial charge in [0.05, 0.1) is 12.2 Å². The van der Waals surface area contributed by atoms with Crippen LogP contribution in [0.2, 0.25) is 0 Å². The lowest BCUT2D eigenvalue weighted by Gasteiger charge is -2.29. The number of amides is 1. The molecule has 2 aromatic carbocycles. The summed E-state index contributed by atoms with van der Waals surface area (Å²) in [7, 11) is 0. The Morgan fingerprint density at radius 1 is 1.18 bits per heavy atom. The lowest BCUT2D eigenvalue weighted by atomic mass is 9.94. The fourth-order valence-electron chi connectivity index (χ4n) is 3.99. The zero-order valence-electron chi connectivity index (χ0n) is 20.1. The van der Waals surface area contributed by atoms with E-state index in [0.29, 0.717) is 23.3 Å². The number of hydrogen-bond donors (Lipinski definition) is 2. The van der Waals surface area contributed by atoms with Gasteiger partial charge in [-0.1, -0.05) is 62.4 Å². The minimum absolute atomic E-state index is 0.185. The highest BCUT2D eigenvalue weighted by molar-refractivity contribution is 7.99. The van der Waals surface area contributed by atoms with Crippen molar-refractivity contribution < 1.29 is 9.53 Å². The molecule has 178 valence electrons. The average molecular weight is 478 g/mol. The Kier molecular flexibility index (Phi) is 7.57. The normalized spacial score (nSPS) is 15.0. The molecule has 2 heterocycles.